The summed E-state index contributed by atoms with van der Waals surface area (Å²) in [5.41, 5.74) is 2.47. The van der Waals surface area contributed by atoms with E-state index in [-0.39, 0.29) is 17.9 Å². The number of aryl methyl sites for hydroxylation is 1. The average Bonchev–Trinajstić information content (AvgIpc) is 3.09. The Morgan fingerprint density at radius 3 is 2.50 bits per heavy atom. The Hall–Kier alpha value is -2.07. The fraction of sp³-hybridized carbons (Fsp3) is 0.450. The zero-order valence-corrected chi connectivity index (χ0v) is 14.7. The lowest BCUT2D eigenvalue weighted by molar-refractivity contribution is -0.122. The normalized spacial score (nSPS) is 14.8. The summed E-state index contributed by atoms with van der Waals surface area (Å²) in [5.74, 6) is 0.694. The number of carbonyl (C=O) groups is 1. The number of aliphatic hydroxyl groups excluding tert-OH is 1. The van der Waals surface area contributed by atoms with E-state index >= 15 is 0 Å². The molecule has 3 atom stereocenters. The van der Waals surface area contributed by atoms with Crippen molar-refractivity contribution < 1.29 is 14.3 Å². The first kappa shape index (κ1) is 18.3. The van der Waals surface area contributed by atoms with E-state index in [1.807, 2.05) is 6.92 Å². The molecule has 2 rings (SSSR count). The second kappa shape index (κ2) is 8.69. The van der Waals surface area contributed by atoms with E-state index in [4.69, 9.17) is 4.42 Å². The number of aliphatic hydroxyl groups is 1. The van der Waals surface area contributed by atoms with Gasteiger partial charge in [-0.25, -0.2) is 0 Å². The summed E-state index contributed by atoms with van der Waals surface area (Å²) in [7, 11) is 0. The molecule has 0 aliphatic carbocycles. The van der Waals surface area contributed by atoms with Gasteiger partial charge in [-0.05, 0) is 42.5 Å². The minimum absolute atomic E-state index is 0.00112. The number of carbonyl (C=O) groups excluding carboxylic acids is 1. The Morgan fingerprint density at radius 2 is 1.92 bits per heavy atom. The first-order chi connectivity index (χ1) is 11.5. The second-order valence-electron chi connectivity index (χ2n) is 6.44. The molecule has 0 bridgehead atoms. The lowest BCUT2D eigenvalue weighted by atomic mass is 9.96. The minimum Gasteiger partial charge on any atom is -0.467 e. The Kier molecular flexibility index (Phi) is 6.62. The van der Waals surface area contributed by atoms with Gasteiger partial charge in [0.2, 0.25) is 5.91 Å². The zero-order chi connectivity index (χ0) is 17.5. The Morgan fingerprint density at radius 1 is 1.21 bits per heavy atom. The van der Waals surface area contributed by atoms with Gasteiger partial charge >= 0.3 is 0 Å². The van der Waals surface area contributed by atoms with Crippen molar-refractivity contribution >= 4 is 5.91 Å². The maximum atomic E-state index is 12.2. The maximum absolute atomic E-state index is 12.2. The molecule has 130 valence electrons. The van der Waals surface area contributed by atoms with Crippen LogP contribution >= 0.6 is 0 Å². The third-order valence-corrected chi connectivity index (χ3v) is 4.30. The van der Waals surface area contributed by atoms with Crippen LogP contribution in [0.5, 0.6) is 0 Å². The van der Waals surface area contributed by atoms with E-state index < -0.39 is 6.10 Å². The average molecular weight is 329 g/mol. The van der Waals surface area contributed by atoms with Crippen molar-refractivity contribution in [1.29, 1.82) is 0 Å². The highest BCUT2D eigenvalue weighted by Gasteiger charge is 2.18. The minimum atomic E-state index is -0.700. The van der Waals surface area contributed by atoms with E-state index in [0.717, 1.165) is 6.42 Å². The smallest absolute Gasteiger partial charge is 0.220 e. The number of furan rings is 1. The number of benzene rings is 1. The highest BCUT2D eigenvalue weighted by atomic mass is 16.4. The van der Waals surface area contributed by atoms with Crippen LogP contribution in [-0.4, -0.2) is 17.1 Å². The van der Waals surface area contributed by atoms with Gasteiger partial charge in [-0.15, -0.1) is 0 Å². The fourth-order valence-electron chi connectivity index (χ4n) is 2.80. The quantitative estimate of drug-likeness (QED) is 0.770. The maximum Gasteiger partial charge on any atom is 0.220 e. The number of rotatable bonds is 8. The second-order valence-corrected chi connectivity index (χ2v) is 6.44. The third-order valence-electron chi connectivity index (χ3n) is 4.30. The molecule has 0 aliphatic heterocycles. The topological polar surface area (TPSA) is 62.5 Å². The Bertz CT molecular complexity index is 619. The van der Waals surface area contributed by atoms with Crippen LogP contribution in [0.3, 0.4) is 0 Å². The standard InChI is InChI=1S/C20H27NO3/c1-4-16-7-9-17(10-8-16)14(2)12-20(23)21-15(3)13-18(22)19-6-5-11-24-19/h5-11,14-15,18,22H,4,12-13H2,1-3H3,(H,21,23). The van der Waals surface area contributed by atoms with Crippen molar-refractivity contribution in [3.8, 4) is 0 Å². The summed E-state index contributed by atoms with van der Waals surface area (Å²) in [6, 6.07) is 11.8. The van der Waals surface area contributed by atoms with Gasteiger partial charge in [-0.2, -0.15) is 0 Å². The van der Waals surface area contributed by atoms with Gasteiger partial charge < -0.3 is 14.8 Å². The van der Waals surface area contributed by atoms with Gasteiger partial charge in [0.1, 0.15) is 11.9 Å². The van der Waals surface area contributed by atoms with Crippen LogP contribution in [0.1, 0.15) is 62.5 Å². The summed E-state index contributed by atoms with van der Waals surface area (Å²) in [6.07, 6.45) is 2.72. The van der Waals surface area contributed by atoms with Gasteiger partial charge in [-0.3, -0.25) is 4.79 Å². The Balaban J connectivity index is 1.80. The molecule has 1 aromatic carbocycles. The number of hydrogen-bond acceptors (Lipinski definition) is 3. The van der Waals surface area contributed by atoms with Gasteiger partial charge in [0, 0.05) is 18.9 Å². The van der Waals surface area contributed by atoms with Crippen molar-refractivity contribution in [1.82, 2.24) is 5.32 Å². The fourth-order valence-corrected chi connectivity index (χ4v) is 2.80. The monoisotopic (exact) mass is 329 g/mol. The van der Waals surface area contributed by atoms with E-state index in [0.29, 0.717) is 18.6 Å². The van der Waals surface area contributed by atoms with Gasteiger partial charge in [-0.1, -0.05) is 38.1 Å². The summed E-state index contributed by atoms with van der Waals surface area (Å²) in [5, 5.41) is 13.0. The van der Waals surface area contributed by atoms with Crippen molar-refractivity contribution in [2.75, 3.05) is 0 Å². The molecule has 0 saturated heterocycles. The lowest BCUT2D eigenvalue weighted by Crippen LogP contribution is -2.34. The molecule has 0 saturated carbocycles. The Labute approximate surface area is 143 Å². The van der Waals surface area contributed by atoms with Gasteiger partial charge in [0.05, 0.1) is 6.26 Å². The van der Waals surface area contributed by atoms with Crippen LogP contribution in [0.2, 0.25) is 0 Å². The molecular weight excluding hydrogens is 302 g/mol. The number of hydrogen-bond donors (Lipinski definition) is 2. The molecule has 0 spiro atoms. The molecule has 1 amide bonds. The molecule has 4 heteroatoms. The zero-order valence-electron chi connectivity index (χ0n) is 14.7. The molecule has 2 N–H and O–H groups in total. The molecule has 1 heterocycles. The molecule has 1 aromatic heterocycles. The molecular formula is C20H27NO3. The molecule has 24 heavy (non-hydrogen) atoms. The van der Waals surface area contributed by atoms with Crippen LogP contribution in [-0.2, 0) is 11.2 Å². The summed E-state index contributed by atoms with van der Waals surface area (Å²) < 4.78 is 5.18. The van der Waals surface area contributed by atoms with Crippen molar-refractivity contribution in [2.24, 2.45) is 0 Å². The van der Waals surface area contributed by atoms with Crippen molar-refractivity contribution in [3.05, 3.63) is 59.5 Å². The van der Waals surface area contributed by atoms with Crippen LogP contribution in [0, 0.1) is 0 Å². The van der Waals surface area contributed by atoms with Crippen molar-refractivity contribution in [2.45, 2.75) is 58.1 Å². The molecule has 0 fully saturated rings. The lowest BCUT2D eigenvalue weighted by Gasteiger charge is -2.18. The first-order valence-corrected chi connectivity index (χ1v) is 8.59. The predicted octanol–water partition coefficient (Wildman–Crippen LogP) is 3.96. The summed E-state index contributed by atoms with van der Waals surface area (Å²) in [6.45, 7) is 6.08. The van der Waals surface area contributed by atoms with E-state index in [1.54, 1.807) is 12.1 Å². The summed E-state index contributed by atoms with van der Waals surface area (Å²) >= 11 is 0. The van der Waals surface area contributed by atoms with Crippen LogP contribution < -0.4 is 5.32 Å². The number of amides is 1. The molecule has 3 unspecified atom stereocenters. The SMILES string of the molecule is CCc1ccc(C(C)CC(=O)NC(C)CC(O)c2ccco2)cc1. The van der Waals surface area contributed by atoms with Crippen LogP contribution in [0.4, 0.5) is 0 Å². The highest BCUT2D eigenvalue weighted by molar-refractivity contribution is 5.77. The number of nitrogens with one attached hydrogen (secondary N) is 1. The van der Waals surface area contributed by atoms with E-state index in [2.05, 4.69) is 43.4 Å². The molecule has 4 nitrogen and oxygen atoms in total. The third kappa shape index (κ3) is 5.24. The largest absolute Gasteiger partial charge is 0.467 e. The molecule has 0 aliphatic rings. The van der Waals surface area contributed by atoms with Gasteiger partial charge in [0.15, 0.2) is 0 Å². The summed E-state index contributed by atoms with van der Waals surface area (Å²) in [4.78, 5) is 12.2. The predicted molar refractivity (Wildman–Crippen MR) is 94.7 cm³/mol. The van der Waals surface area contributed by atoms with E-state index in [9.17, 15) is 9.90 Å². The highest BCUT2D eigenvalue weighted by Crippen LogP contribution is 2.21. The van der Waals surface area contributed by atoms with Gasteiger partial charge in [0.25, 0.3) is 0 Å². The van der Waals surface area contributed by atoms with Crippen molar-refractivity contribution in [3.63, 3.8) is 0 Å². The van der Waals surface area contributed by atoms with Crippen LogP contribution in [0.25, 0.3) is 0 Å². The molecule has 2 aromatic rings. The van der Waals surface area contributed by atoms with Crippen LogP contribution in [0.15, 0.2) is 47.1 Å². The van der Waals surface area contributed by atoms with E-state index in [1.165, 1.54) is 17.4 Å². The molecule has 0 radical (unpaired) electrons. The first-order valence-electron chi connectivity index (χ1n) is 8.59.